The molecule has 8 atom stereocenters. The normalized spacial score (nSPS) is 29.3. The fourth-order valence-corrected chi connectivity index (χ4v) is 9.90. The number of aryl methyl sites for hydroxylation is 3. The molecule has 3 aromatic rings. The monoisotopic (exact) mass is 864 g/mol. The van der Waals surface area contributed by atoms with E-state index >= 15 is 0 Å². The summed E-state index contributed by atoms with van der Waals surface area (Å²) < 4.78 is 113. The van der Waals surface area contributed by atoms with Gasteiger partial charge in [-0.05, 0) is 57.2 Å². The van der Waals surface area contributed by atoms with Gasteiger partial charge in [-0.2, -0.15) is 25.3 Å². The van der Waals surface area contributed by atoms with Crippen LogP contribution in [0.1, 0.15) is 16.7 Å². The summed E-state index contributed by atoms with van der Waals surface area (Å²) >= 11 is 2.26. The highest BCUT2D eigenvalue weighted by Gasteiger charge is 2.52. The minimum Gasteiger partial charge on any atom is -0.371 e. The van der Waals surface area contributed by atoms with Crippen molar-refractivity contribution in [2.75, 3.05) is 26.4 Å². The number of hydrogen-bond donors (Lipinski definition) is 0. The molecule has 0 N–H and O–H groups in total. The smallest absolute Gasteiger partial charge is 0.297 e. The molecule has 272 valence electrons. The van der Waals surface area contributed by atoms with Crippen LogP contribution in [-0.4, -0.2) is 98.3 Å². The Balaban J connectivity index is 0.000000187. The third kappa shape index (κ3) is 8.43. The van der Waals surface area contributed by atoms with Gasteiger partial charge in [0.1, 0.15) is 42.7 Å². The van der Waals surface area contributed by atoms with Gasteiger partial charge >= 0.3 is 0 Å². The van der Waals surface area contributed by atoms with E-state index in [4.69, 9.17) is 31.5 Å². The Labute approximate surface area is 306 Å². The van der Waals surface area contributed by atoms with Gasteiger partial charge in [-0.15, -0.1) is 0 Å². The molecular weight excluding hydrogens is 827 g/mol. The van der Waals surface area contributed by atoms with E-state index in [0.717, 1.165) is 16.7 Å². The number of halogens is 1. The number of fused-ring (bicyclic) bond motifs is 2. The maximum Gasteiger partial charge on any atom is 0.297 e. The molecule has 0 amide bonds. The SMILES string of the molecule is Cc1ccc(S(=O)(=O)O[C@@H]2CO[C@@H]3C(I)CO[C@@H]32)cc1.Cc1ccc(S(=O)(=O)O[C@@H]2CO[C@H]3[C@@H]2OC[C@H]3OS(=O)(=O)c2ccc(C)cc2)cc1. The Hall–Kier alpha value is -2.04. The summed E-state index contributed by atoms with van der Waals surface area (Å²) in [6.07, 6.45) is -4.21. The first-order chi connectivity index (χ1) is 23.6. The number of alkyl halides is 1. The predicted octanol–water partition coefficient (Wildman–Crippen LogP) is 3.62. The lowest BCUT2D eigenvalue weighted by molar-refractivity contribution is 0.0220. The van der Waals surface area contributed by atoms with Crippen molar-refractivity contribution in [3.8, 4) is 0 Å². The Morgan fingerprint density at radius 2 is 0.720 bits per heavy atom. The van der Waals surface area contributed by atoms with E-state index in [1.165, 1.54) is 24.3 Å². The molecule has 0 aliphatic carbocycles. The average molecular weight is 865 g/mol. The van der Waals surface area contributed by atoms with Crippen molar-refractivity contribution < 1.29 is 56.8 Å². The highest BCUT2D eigenvalue weighted by molar-refractivity contribution is 14.1. The van der Waals surface area contributed by atoms with Crippen LogP contribution in [0.15, 0.2) is 87.5 Å². The van der Waals surface area contributed by atoms with E-state index in [-0.39, 0.29) is 50.6 Å². The fraction of sp³-hybridized carbons (Fsp3) is 0.455. The molecule has 1 unspecified atom stereocenters. The quantitative estimate of drug-likeness (QED) is 0.174. The van der Waals surface area contributed by atoms with Crippen LogP contribution in [0, 0.1) is 20.8 Å². The highest BCUT2D eigenvalue weighted by Crippen LogP contribution is 2.35. The van der Waals surface area contributed by atoms with E-state index in [1.54, 1.807) is 48.5 Å². The van der Waals surface area contributed by atoms with Gasteiger partial charge in [0.2, 0.25) is 0 Å². The minimum atomic E-state index is -4.02. The van der Waals surface area contributed by atoms with Gasteiger partial charge in [0.15, 0.2) is 0 Å². The average Bonchev–Trinajstić information content (AvgIpc) is 3.84. The minimum absolute atomic E-state index is 0.0318. The fourth-order valence-electron chi connectivity index (χ4n) is 5.86. The summed E-state index contributed by atoms with van der Waals surface area (Å²) in [5, 5.41) is 0. The van der Waals surface area contributed by atoms with E-state index in [9.17, 15) is 25.3 Å². The van der Waals surface area contributed by atoms with Crippen LogP contribution < -0.4 is 0 Å². The van der Waals surface area contributed by atoms with Crippen molar-refractivity contribution in [1.82, 2.24) is 0 Å². The first kappa shape index (κ1) is 37.7. The van der Waals surface area contributed by atoms with Crippen molar-refractivity contribution in [2.45, 2.75) is 82.1 Å². The molecule has 7 rings (SSSR count). The summed E-state index contributed by atoms with van der Waals surface area (Å²) in [6.45, 7) is 6.32. The van der Waals surface area contributed by atoms with Gasteiger partial charge in [0, 0.05) is 0 Å². The Morgan fingerprint density at radius 3 is 1.04 bits per heavy atom. The zero-order valence-electron chi connectivity index (χ0n) is 27.3. The van der Waals surface area contributed by atoms with Crippen molar-refractivity contribution in [3.63, 3.8) is 0 Å². The number of ether oxygens (including phenoxy) is 4. The summed E-state index contributed by atoms with van der Waals surface area (Å²) in [5.74, 6) is 0. The third-order valence-electron chi connectivity index (χ3n) is 8.59. The molecule has 4 aliphatic rings. The van der Waals surface area contributed by atoms with Crippen LogP contribution in [0.2, 0.25) is 0 Å². The summed E-state index contributed by atoms with van der Waals surface area (Å²) in [7, 11) is -11.8. The number of hydrogen-bond acceptors (Lipinski definition) is 13. The lowest BCUT2D eigenvalue weighted by Gasteiger charge is -2.17. The second-order valence-electron chi connectivity index (χ2n) is 12.4. The zero-order valence-corrected chi connectivity index (χ0v) is 31.9. The molecular formula is C33H37IO13S3. The van der Waals surface area contributed by atoms with E-state index < -0.39 is 60.9 Å². The molecule has 0 saturated carbocycles. The lowest BCUT2D eigenvalue weighted by Crippen LogP contribution is -2.36. The molecule has 0 bridgehead atoms. The van der Waals surface area contributed by atoms with Crippen LogP contribution in [-0.2, 0) is 61.9 Å². The second-order valence-corrected chi connectivity index (χ2v) is 18.7. The summed E-state index contributed by atoms with van der Waals surface area (Å²) in [6, 6.07) is 19.2. The van der Waals surface area contributed by atoms with Crippen LogP contribution in [0.4, 0.5) is 0 Å². The Bertz CT molecular complexity index is 1880. The van der Waals surface area contributed by atoms with Crippen LogP contribution in [0.5, 0.6) is 0 Å². The molecule has 4 heterocycles. The van der Waals surface area contributed by atoms with Gasteiger partial charge in [-0.3, -0.25) is 12.5 Å². The first-order valence-corrected chi connectivity index (χ1v) is 21.2. The van der Waals surface area contributed by atoms with Crippen molar-refractivity contribution in [2.24, 2.45) is 0 Å². The zero-order chi connectivity index (χ0) is 35.8. The molecule has 0 aromatic heterocycles. The van der Waals surface area contributed by atoms with Crippen molar-refractivity contribution in [1.29, 1.82) is 0 Å². The Kier molecular flexibility index (Phi) is 11.4. The molecule has 3 aromatic carbocycles. The standard InChI is InChI=1S/C20H22O8S2.C13H15IO5S/c1-13-3-7-15(8-4-13)29(21,22)27-17-11-25-20-18(12-26-19(17)20)28-30(23,24)16-9-5-14(2)6-10-16;1-8-2-4-9(5-3-8)20(15,16)19-11-7-18-12-10(14)6-17-13(11)12/h3-10,17-20H,11-12H2,1-2H3;2-5,10-13H,6-7H2,1H3/t17-,18-,19-,20-;10?,11-,12-,13-/m11/s1. The molecule has 13 nitrogen and oxygen atoms in total. The Morgan fingerprint density at radius 1 is 0.460 bits per heavy atom. The maximum absolute atomic E-state index is 12.6. The molecule has 4 fully saturated rings. The predicted molar refractivity (Wildman–Crippen MR) is 186 cm³/mol. The lowest BCUT2D eigenvalue weighted by atomic mass is 10.1. The molecule has 0 spiro atoms. The summed E-state index contributed by atoms with van der Waals surface area (Å²) in [4.78, 5) is 0.226. The maximum atomic E-state index is 12.6. The number of benzene rings is 3. The van der Waals surface area contributed by atoms with E-state index in [1.807, 2.05) is 20.8 Å². The van der Waals surface area contributed by atoms with Crippen molar-refractivity contribution >= 4 is 52.9 Å². The van der Waals surface area contributed by atoms with E-state index in [0.29, 0.717) is 6.61 Å². The highest BCUT2D eigenvalue weighted by atomic mass is 127. The summed E-state index contributed by atoms with van der Waals surface area (Å²) in [5.41, 5.74) is 2.85. The van der Waals surface area contributed by atoms with Crippen LogP contribution in [0.3, 0.4) is 0 Å². The largest absolute Gasteiger partial charge is 0.371 e. The van der Waals surface area contributed by atoms with Crippen LogP contribution >= 0.6 is 22.6 Å². The molecule has 4 saturated heterocycles. The molecule has 0 radical (unpaired) electrons. The molecule has 4 aliphatic heterocycles. The second kappa shape index (κ2) is 15.1. The third-order valence-corrected chi connectivity index (χ3v) is 13.7. The van der Waals surface area contributed by atoms with Gasteiger partial charge in [-0.25, -0.2) is 0 Å². The molecule has 50 heavy (non-hydrogen) atoms. The van der Waals surface area contributed by atoms with Gasteiger partial charge in [0.25, 0.3) is 30.4 Å². The van der Waals surface area contributed by atoms with Gasteiger partial charge in [-0.1, -0.05) is 75.7 Å². The van der Waals surface area contributed by atoms with Gasteiger partial charge in [0.05, 0.1) is 45.0 Å². The number of rotatable bonds is 9. The van der Waals surface area contributed by atoms with Crippen molar-refractivity contribution in [3.05, 3.63) is 89.5 Å². The van der Waals surface area contributed by atoms with E-state index in [2.05, 4.69) is 22.6 Å². The topological polar surface area (TPSA) is 167 Å². The first-order valence-electron chi connectivity index (χ1n) is 15.7. The van der Waals surface area contributed by atoms with Crippen LogP contribution in [0.25, 0.3) is 0 Å². The van der Waals surface area contributed by atoms with Gasteiger partial charge < -0.3 is 18.9 Å². The molecule has 17 heteroatoms.